The van der Waals surface area contributed by atoms with Gasteiger partial charge < -0.3 is 5.32 Å². The van der Waals surface area contributed by atoms with E-state index in [-0.39, 0.29) is 5.91 Å². The number of nitrogens with one attached hydrogen (secondary N) is 1. The predicted molar refractivity (Wildman–Crippen MR) is 68.5 cm³/mol. The summed E-state index contributed by atoms with van der Waals surface area (Å²) in [7, 11) is 1.75. The van der Waals surface area contributed by atoms with Gasteiger partial charge in [-0.3, -0.25) is 9.48 Å². The lowest BCUT2D eigenvalue weighted by atomic mass is 10.4. The van der Waals surface area contributed by atoms with Gasteiger partial charge in [0.1, 0.15) is 5.69 Å². The molecule has 2 heterocycles. The van der Waals surface area contributed by atoms with Gasteiger partial charge in [0.25, 0.3) is 5.91 Å². The fourth-order valence-corrected chi connectivity index (χ4v) is 2.77. The highest BCUT2D eigenvalue weighted by molar-refractivity contribution is 7.09. The summed E-state index contributed by atoms with van der Waals surface area (Å²) in [6.07, 6.45) is 4.13. The van der Waals surface area contributed by atoms with E-state index in [0.29, 0.717) is 18.2 Å². The molecule has 0 atom stereocenters. The molecule has 0 aliphatic heterocycles. The van der Waals surface area contributed by atoms with Gasteiger partial charge in [0.15, 0.2) is 0 Å². The van der Waals surface area contributed by atoms with E-state index >= 15 is 0 Å². The molecule has 1 N–H and O–H groups in total. The second kappa shape index (κ2) is 4.53. The van der Waals surface area contributed by atoms with Gasteiger partial charge in [-0.1, -0.05) is 0 Å². The van der Waals surface area contributed by atoms with Crippen molar-refractivity contribution >= 4 is 17.2 Å². The molecule has 2 aromatic heterocycles. The summed E-state index contributed by atoms with van der Waals surface area (Å²) in [6.45, 7) is 0.479. The zero-order valence-electron chi connectivity index (χ0n) is 10.1. The van der Waals surface area contributed by atoms with Crippen molar-refractivity contribution < 1.29 is 4.79 Å². The van der Waals surface area contributed by atoms with Crippen molar-refractivity contribution in [2.45, 2.75) is 25.3 Å². The monoisotopic (exact) mass is 262 g/mol. The molecule has 1 saturated carbocycles. The molecule has 0 unspecified atom stereocenters. The highest BCUT2D eigenvalue weighted by Gasteiger charge is 2.26. The molecular weight excluding hydrogens is 248 g/mol. The van der Waals surface area contributed by atoms with Gasteiger partial charge in [-0.2, -0.15) is 5.10 Å². The largest absolute Gasteiger partial charge is 0.345 e. The maximum Gasteiger partial charge on any atom is 0.269 e. The zero-order chi connectivity index (χ0) is 12.5. The van der Waals surface area contributed by atoms with Crippen LogP contribution < -0.4 is 5.32 Å². The van der Waals surface area contributed by atoms with E-state index in [1.54, 1.807) is 35.3 Å². The van der Waals surface area contributed by atoms with Crippen LogP contribution in [0.25, 0.3) is 0 Å². The molecule has 5 nitrogen and oxygen atoms in total. The van der Waals surface area contributed by atoms with E-state index in [2.05, 4.69) is 15.4 Å². The SMILES string of the molecule is Cn1nccc1C(=O)NCc1csc(C2CC2)n1. The van der Waals surface area contributed by atoms with Crippen molar-refractivity contribution in [2.24, 2.45) is 7.05 Å². The summed E-state index contributed by atoms with van der Waals surface area (Å²) < 4.78 is 1.56. The molecule has 3 rings (SSSR count). The van der Waals surface area contributed by atoms with Gasteiger partial charge in [-0.05, 0) is 18.9 Å². The number of hydrogen-bond donors (Lipinski definition) is 1. The first-order valence-corrected chi connectivity index (χ1v) is 6.82. The van der Waals surface area contributed by atoms with Crippen molar-refractivity contribution in [2.75, 3.05) is 0 Å². The predicted octanol–water partition coefficient (Wildman–Crippen LogP) is 1.68. The highest BCUT2D eigenvalue weighted by atomic mass is 32.1. The number of nitrogens with zero attached hydrogens (tertiary/aromatic N) is 3. The molecule has 0 saturated heterocycles. The van der Waals surface area contributed by atoms with Crippen molar-refractivity contribution in [3.05, 3.63) is 34.0 Å². The molecule has 1 amide bonds. The van der Waals surface area contributed by atoms with E-state index in [1.807, 2.05) is 5.38 Å². The quantitative estimate of drug-likeness (QED) is 0.912. The number of carbonyl (C=O) groups is 1. The van der Waals surface area contributed by atoms with Gasteiger partial charge in [-0.25, -0.2) is 4.98 Å². The average molecular weight is 262 g/mol. The Labute approximate surface area is 109 Å². The van der Waals surface area contributed by atoms with E-state index in [1.165, 1.54) is 17.8 Å². The molecule has 94 valence electrons. The third kappa shape index (κ3) is 2.28. The number of amides is 1. The summed E-state index contributed by atoms with van der Waals surface area (Å²) in [5.41, 5.74) is 1.50. The second-order valence-corrected chi connectivity index (χ2v) is 5.36. The van der Waals surface area contributed by atoms with E-state index in [0.717, 1.165) is 5.69 Å². The Kier molecular flexibility index (Phi) is 2.87. The fourth-order valence-electron chi connectivity index (χ4n) is 1.78. The van der Waals surface area contributed by atoms with Crippen LogP contribution >= 0.6 is 11.3 Å². The fraction of sp³-hybridized carbons (Fsp3) is 0.417. The van der Waals surface area contributed by atoms with E-state index < -0.39 is 0 Å². The first-order chi connectivity index (χ1) is 8.74. The maximum atomic E-state index is 11.9. The molecule has 1 fully saturated rings. The van der Waals surface area contributed by atoms with Gasteiger partial charge in [0.2, 0.25) is 0 Å². The standard InChI is InChI=1S/C12H14N4OS/c1-16-10(4-5-14-16)11(17)13-6-9-7-18-12(15-9)8-2-3-8/h4-5,7-8H,2-3,6H2,1H3,(H,13,17). The summed E-state index contributed by atoms with van der Waals surface area (Å²) in [4.78, 5) is 16.4. The van der Waals surface area contributed by atoms with Crippen LogP contribution in [0.5, 0.6) is 0 Å². The second-order valence-electron chi connectivity index (χ2n) is 4.47. The van der Waals surface area contributed by atoms with Crippen LogP contribution in [0, 0.1) is 0 Å². The maximum absolute atomic E-state index is 11.9. The molecule has 0 radical (unpaired) electrons. The smallest absolute Gasteiger partial charge is 0.269 e. The number of aryl methyl sites for hydroxylation is 1. The molecule has 0 bridgehead atoms. The Balaban J connectivity index is 1.60. The summed E-state index contributed by atoms with van der Waals surface area (Å²) in [6, 6.07) is 1.70. The lowest BCUT2D eigenvalue weighted by molar-refractivity contribution is 0.0941. The van der Waals surface area contributed by atoms with Gasteiger partial charge >= 0.3 is 0 Å². The molecule has 0 spiro atoms. The lowest BCUT2D eigenvalue weighted by Gasteiger charge is -2.03. The van der Waals surface area contributed by atoms with E-state index in [4.69, 9.17) is 0 Å². The third-order valence-corrected chi connectivity index (χ3v) is 4.04. The third-order valence-electron chi connectivity index (χ3n) is 2.98. The normalized spacial score (nSPS) is 14.7. The highest BCUT2D eigenvalue weighted by Crippen LogP contribution is 2.41. The number of rotatable bonds is 4. The Morgan fingerprint density at radius 2 is 2.44 bits per heavy atom. The Hall–Kier alpha value is -1.69. The topological polar surface area (TPSA) is 59.8 Å². The average Bonchev–Trinajstić information content (AvgIpc) is 2.95. The van der Waals surface area contributed by atoms with E-state index in [9.17, 15) is 4.79 Å². The minimum atomic E-state index is -0.115. The van der Waals surface area contributed by atoms with Crippen molar-refractivity contribution in [3.63, 3.8) is 0 Å². The Morgan fingerprint density at radius 3 is 3.11 bits per heavy atom. The lowest BCUT2D eigenvalue weighted by Crippen LogP contribution is -2.25. The number of thiazole rings is 1. The van der Waals surface area contributed by atoms with Crippen molar-refractivity contribution in [3.8, 4) is 0 Å². The van der Waals surface area contributed by atoms with Crippen molar-refractivity contribution in [1.29, 1.82) is 0 Å². The van der Waals surface area contributed by atoms with Gasteiger partial charge in [-0.15, -0.1) is 11.3 Å². The molecule has 1 aliphatic rings. The van der Waals surface area contributed by atoms with Crippen LogP contribution in [0.15, 0.2) is 17.6 Å². The Morgan fingerprint density at radius 1 is 1.61 bits per heavy atom. The minimum absolute atomic E-state index is 0.115. The molecule has 6 heteroatoms. The summed E-state index contributed by atoms with van der Waals surface area (Å²) in [5.74, 6) is 0.562. The van der Waals surface area contributed by atoms with Gasteiger partial charge in [0.05, 0.1) is 17.2 Å². The molecule has 0 aromatic carbocycles. The first-order valence-electron chi connectivity index (χ1n) is 5.94. The molecule has 18 heavy (non-hydrogen) atoms. The number of hydrogen-bond acceptors (Lipinski definition) is 4. The number of carbonyl (C=O) groups excluding carboxylic acids is 1. The van der Waals surface area contributed by atoms with Crippen molar-refractivity contribution in [1.82, 2.24) is 20.1 Å². The molecule has 1 aliphatic carbocycles. The summed E-state index contributed by atoms with van der Waals surface area (Å²) in [5, 5.41) is 10.1. The zero-order valence-corrected chi connectivity index (χ0v) is 10.9. The molecular formula is C12H14N4OS. The Bertz CT molecular complexity index is 570. The molecule has 2 aromatic rings. The summed E-state index contributed by atoms with van der Waals surface area (Å²) >= 11 is 1.69. The van der Waals surface area contributed by atoms with Crippen LogP contribution in [0.4, 0.5) is 0 Å². The minimum Gasteiger partial charge on any atom is -0.345 e. The first kappa shape index (κ1) is 11.4. The van der Waals surface area contributed by atoms with Crippen LogP contribution in [-0.4, -0.2) is 20.7 Å². The van der Waals surface area contributed by atoms with Crippen LogP contribution in [-0.2, 0) is 13.6 Å². The van der Waals surface area contributed by atoms with Crippen LogP contribution in [0.2, 0.25) is 0 Å². The van der Waals surface area contributed by atoms with Crippen LogP contribution in [0.3, 0.4) is 0 Å². The number of aromatic nitrogens is 3. The van der Waals surface area contributed by atoms with Gasteiger partial charge in [0, 0.05) is 24.5 Å². The van der Waals surface area contributed by atoms with Crippen LogP contribution in [0.1, 0.15) is 39.9 Å².